The number of esters is 2. The van der Waals surface area contributed by atoms with E-state index in [-0.39, 0.29) is 41.5 Å². The van der Waals surface area contributed by atoms with E-state index >= 15 is 0 Å². The van der Waals surface area contributed by atoms with E-state index in [4.69, 9.17) is 9.47 Å². The molecule has 0 aromatic heterocycles. The lowest BCUT2D eigenvalue weighted by atomic mass is 9.61. The average molecular weight is 306 g/mol. The molecule has 5 heteroatoms. The van der Waals surface area contributed by atoms with Crippen molar-refractivity contribution >= 4 is 18.2 Å². The summed E-state index contributed by atoms with van der Waals surface area (Å²) in [6, 6.07) is 0. The molecule has 4 aliphatic rings. The number of hydrogen-bond donors (Lipinski definition) is 0. The van der Waals surface area contributed by atoms with Crippen LogP contribution in [0.3, 0.4) is 0 Å². The Morgan fingerprint density at radius 3 is 2.00 bits per heavy atom. The Bertz CT molecular complexity index is 529. The fourth-order valence-electron chi connectivity index (χ4n) is 6.74. The van der Waals surface area contributed by atoms with Gasteiger partial charge in [0, 0.05) is 5.92 Å². The lowest BCUT2D eigenvalue weighted by Gasteiger charge is -2.42. The van der Waals surface area contributed by atoms with Gasteiger partial charge in [0.1, 0.15) is 6.29 Å². The predicted molar refractivity (Wildman–Crippen MR) is 75.4 cm³/mol. The smallest absolute Gasteiger partial charge is 0.309 e. The summed E-state index contributed by atoms with van der Waals surface area (Å²) in [5.74, 6) is 1.16. The highest BCUT2D eigenvalue weighted by atomic mass is 16.5. The van der Waals surface area contributed by atoms with Crippen LogP contribution in [-0.2, 0) is 23.9 Å². The zero-order chi connectivity index (χ0) is 15.6. The monoisotopic (exact) mass is 306 g/mol. The third kappa shape index (κ3) is 1.57. The highest BCUT2D eigenvalue weighted by Crippen LogP contribution is 2.71. The molecule has 4 bridgehead atoms. The molecule has 9 unspecified atom stereocenters. The Hall–Kier alpha value is -1.39. The van der Waals surface area contributed by atoms with Crippen molar-refractivity contribution in [3.05, 3.63) is 0 Å². The molecule has 0 N–H and O–H groups in total. The van der Waals surface area contributed by atoms with E-state index < -0.39 is 0 Å². The van der Waals surface area contributed by atoms with Gasteiger partial charge in [-0.15, -0.1) is 0 Å². The first-order chi connectivity index (χ1) is 10.6. The zero-order valence-corrected chi connectivity index (χ0v) is 12.9. The molecule has 0 heterocycles. The topological polar surface area (TPSA) is 69.7 Å². The van der Waals surface area contributed by atoms with Gasteiger partial charge in [-0.3, -0.25) is 9.59 Å². The first kappa shape index (κ1) is 14.2. The molecule has 0 aromatic rings. The fraction of sp³-hybridized carbons (Fsp3) is 0.824. The van der Waals surface area contributed by atoms with Crippen LogP contribution < -0.4 is 0 Å². The second-order valence-electron chi connectivity index (χ2n) is 7.51. The van der Waals surface area contributed by atoms with Crippen LogP contribution in [0.1, 0.15) is 19.3 Å². The van der Waals surface area contributed by atoms with Crippen molar-refractivity contribution in [1.82, 2.24) is 0 Å². The number of ether oxygens (including phenoxy) is 2. The van der Waals surface area contributed by atoms with Crippen molar-refractivity contribution in [3.63, 3.8) is 0 Å². The van der Waals surface area contributed by atoms with Crippen LogP contribution in [0.5, 0.6) is 0 Å². The first-order valence-electron chi connectivity index (χ1n) is 8.23. The molecule has 9 atom stereocenters. The largest absolute Gasteiger partial charge is 0.469 e. The summed E-state index contributed by atoms with van der Waals surface area (Å²) >= 11 is 0. The van der Waals surface area contributed by atoms with Crippen LogP contribution >= 0.6 is 0 Å². The number of methoxy groups -OCH3 is 2. The van der Waals surface area contributed by atoms with Gasteiger partial charge in [0.25, 0.3) is 0 Å². The van der Waals surface area contributed by atoms with Crippen LogP contribution in [0.4, 0.5) is 0 Å². The molecule has 22 heavy (non-hydrogen) atoms. The summed E-state index contributed by atoms with van der Waals surface area (Å²) in [5.41, 5.74) is 0. The van der Waals surface area contributed by atoms with Gasteiger partial charge >= 0.3 is 11.9 Å². The van der Waals surface area contributed by atoms with Crippen LogP contribution in [0, 0.1) is 53.3 Å². The molecule has 0 aromatic carbocycles. The SMILES string of the molecule is COC(=O)C1C2CC(C1C(=O)OC)C1C3CC(CC3C=O)C21. The molecule has 4 aliphatic carbocycles. The van der Waals surface area contributed by atoms with Crippen LogP contribution in [0.2, 0.25) is 0 Å². The molecule has 0 amide bonds. The van der Waals surface area contributed by atoms with E-state index in [1.54, 1.807) is 0 Å². The standard InChI is InChI=1S/C17H22O5/c1-21-16(19)14-10-5-11(15(14)17(20)22-2)13-9-4-7(12(10)13)3-8(9)6-18/h6-15H,3-5H2,1-2H3. The van der Waals surface area contributed by atoms with Crippen molar-refractivity contribution in [3.8, 4) is 0 Å². The van der Waals surface area contributed by atoms with E-state index in [1.807, 2.05) is 0 Å². The Morgan fingerprint density at radius 2 is 1.45 bits per heavy atom. The molecule has 5 nitrogen and oxygen atoms in total. The summed E-state index contributed by atoms with van der Waals surface area (Å²) in [7, 11) is 2.78. The predicted octanol–water partition coefficient (Wildman–Crippen LogP) is 1.30. The third-order valence-corrected chi connectivity index (χ3v) is 7.15. The van der Waals surface area contributed by atoms with Gasteiger partial charge < -0.3 is 14.3 Å². The molecule has 120 valence electrons. The first-order valence-corrected chi connectivity index (χ1v) is 8.23. The average Bonchev–Trinajstić information content (AvgIpc) is 3.27. The number of fused-ring (bicyclic) bond motifs is 9. The molecule has 4 rings (SSSR count). The number of carbonyl (C=O) groups is 3. The zero-order valence-electron chi connectivity index (χ0n) is 12.9. The highest BCUT2D eigenvalue weighted by molar-refractivity contribution is 5.84. The number of rotatable bonds is 3. The van der Waals surface area contributed by atoms with Gasteiger partial charge in [-0.05, 0) is 54.8 Å². The molecule has 0 aliphatic heterocycles. The van der Waals surface area contributed by atoms with E-state index in [0.717, 1.165) is 25.5 Å². The minimum Gasteiger partial charge on any atom is -0.469 e. The van der Waals surface area contributed by atoms with Gasteiger partial charge in [-0.1, -0.05) is 0 Å². The van der Waals surface area contributed by atoms with Crippen LogP contribution in [0.25, 0.3) is 0 Å². The molecule has 0 spiro atoms. The van der Waals surface area contributed by atoms with Crippen molar-refractivity contribution in [2.45, 2.75) is 19.3 Å². The van der Waals surface area contributed by atoms with E-state index in [9.17, 15) is 14.4 Å². The van der Waals surface area contributed by atoms with Crippen LogP contribution in [0.15, 0.2) is 0 Å². The summed E-state index contributed by atoms with van der Waals surface area (Å²) in [6.07, 6.45) is 4.08. The number of carbonyl (C=O) groups excluding carboxylic acids is 3. The number of aldehydes is 1. The van der Waals surface area contributed by atoms with Gasteiger partial charge in [-0.25, -0.2) is 0 Å². The van der Waals surface area contributed by atoms with Gasteiger partial charge in [-0.2, -0.15) is 0 Å². The molecule has 0 radical (unpaired) electrons. The summed E-state index contributed by atoms with van der Waals surface area (Å²) in [4.78, 5) is 35.9. The van der Waals surface area contributed by atoms with Gasteiger partial charge in [0.05, 0.1) is 26.1 Å². The Kier molecular flexibility index (Phi) is 3.10. The van der Waals surface area contributed by atoms with Gasteiger partial charge in [0.2, 0.25) is 0 Å². The molecular formula is C17H22O5. The van der Waals surface area contributed by atoms with E-state index in [2.05, 4.69) is 0 Å². The molecule has 4 fully saturated rings. The Morgan fingerprint density at radius 1 is 0.864 bits per heavy atom. The lowest BCUT2D eigenvalue weighted by Crippen LogP contribution is -2.46. The second kappa shape index (κ2) is 4.80. The van der Waals surface area contributed by atoms with Gasteiger partial charge in [0.15, 0.2) is 0 Å². The molecule has 4 saturated carbocycles. The van der Waals surface area contributed by atoms with E-state index in [1.165, 1.54) is 14.2 Å². The highest BCUT2D eigenvalue weighted by Gasteiger charge is 2.70. The summed E-state index contributed by atoms with van der Waals surface area (Å²) in [6.45, 7) is 0. The van der Waals surface area contributed by atoms with Crippen molar-refractivity contribution < 1.29 is 23.9 Å². The maximum absolute atomic E-state index is 12.3. The van der Waals surface area contributed by atoms with Crippen molar-refractivity contribution in [2.24, 2.45) is 53.3 Å². The second-order valence-corrected chi connectivity index (χ2v) is 7.51. The quantitative estimate of drug-likeness (QED) is 0.446. The van der Waals surface area contributed by atoms with Crippen LogP contribution in [-0.4, -0.2) is 32.4 Å². The van der Waals surface area contributed by atoms with Crippen molar-refractivity contribution in [2.75, 3.05) is 14.2 Å². The minimum absolute atomic E-state index is 0.153. The van der Waals surface area contributed by atoms with Crippen molar-refractivity contribution in [1.29, 1.82) is 0 Å². The minimum atomic E-state index is -0.379. The maximum atomic E-state index is 12.3. The summed E-state index contributed by atoms with van der Waals surface area (Å²) in [5, 5.41) is 0. The summed E-state index contributed by atoms with van der Waals surface area (Å²) < 4.78 is 9.96. The normalized spacial score (nSPS) is 50.7. The van der Waals surface area contributed by atoms with E-state index in [0.29, 0.717) is 23.7 Å². The Labute approximate surface area is 129 Å². The Balaban J connectivity index is 1.69. The molecular weight excluding hydrogens is 284 g/mol. The molecule has 0 saturated heterocycles. The lowest BCUT2D eigenvalue weighted by molar-refractivity contribution is -0.164. The fourth-order valence-corrected chi connectivity index (χ4v) is 6.74. The number of hydrogen-bond acceptors (Lipinski definition) is 5. The maximum Gasteiger partial charge on any atom is 0.309 e. The third-order valence-electron chi connectivity index (χ3n) is 7.15.